The molecule has 62 valence electrons. The average Bonchev–Trinajstić information content (AvgIpc) is 2.51. The Balaban J connectivity index is 2.11. The van der Waals surface area contributed by atoms with E-state index in [1.807, 2.05) is 0 Å². The molecule has 0 aromatic carbocycles. The second kappa shape index (κ2) is 3.26. The summed E-state index contributed by atoms with van der Waals surface area (Å²) in [6.45, 7) is 2.58. The molecular formula is C9H10N2S. The van der Waals surface area contributed by atoms with Crippen LogP contribution in [0.4, 0.5) is 0 Å². The first-order valence-corrected chi connectivity index (χ1v) is 4.92. The topological polar surface area (TPSA) is 27.0 Å². The van der Waals surface area contributed by atoms with Crippen LogP contribution < -0.4 is 0 Å². The third-order valence-electron chi connectivity index (χ3n) is 2.20. The maximum absolute atomic E-state index is 8.53. The summed E-state index contributed by atoms with van der Waals surface area (Å²) in [5.74, 6) is 0. The highest BCUT2D eigenvalue weighted by Gasteiger charge is 2.15. The Labute approximate surface area is 76.0 Å². The Morgan fingerprint density at radius 3 is 3.42 bits per heavy atom. The van der Waals surface area contributed by atoms with Crippen molar-refractivity contribution in [3.8, 4) is 6.07 Å². The van der Waals surface area contributed by atoms with Gasteiger partial charge in [0.05, 0.1) is 12.6 Å². The number of fused-ring (bicyclic) bond motifs is 1. The van der Waals surface area contributed by atoms with E-state index in [-0.39, 0.29) is 0 Å². The fraction of sp³-hybridized carbons (Fsp3) is 0.444. The van der Waals surface area contributed by atoms with Crippen molar-refractivity contribution in [2.45, 2.75) is 13.0 Å². The minimum atomic E-state index is 0.567. The van der Waals surface area contributed by atoms with Gasteiger partial charge in [0, 0.05) is 18.0 Å². The molecule has 1 aliphatic heterocycles. The summed E-state index contributed by atoms with van der Waals surface area (Å²) in [4.78, 5) is 3.63. The van der Waals surface area contributed by atoms with Crippen molar-refractivity contribution in [3.63, 3.8) is 0 Å². The first kappa shape index (κ1) is 7.78. The molecule has 0 amide bonds. The summed E-state index contributed by atoms with van der Waals surface area (Å²) in [6.07, 6.45) is 1.11. The number of hydrogen-bond donors (Lipinski definition) is 0. The molecule has 0 aliphatic carbocycles. The lowest BCUT2D eigenvalue weighted by Gasteiger charge is -2.23. The van der Waals surface area contributed by atoms with Crippen LogP contribution in [0.2, 0.25) is 0 Å². The van der Waals surface area contributed by atoms with E-state index >= 15 is 0 Å². The van der Waals surface area contributed by atoms with E-state index in [0.717, 1.165) is 19.5 Å². The van der Waals surface area contributed by atoms with Crippen molar-refractivity contribution in [1.29, 1.82) is 5.26 Å². The molecule has 0 saturated heterocycles. The lowest BCUT2D eigenvalue weighted by molar-refractivity contribution is 0.289. The average molecular weight is 178 g/mol. The third-order valence-corrected chi connectivity index (χ3v) is 3.14. The van der Waals surface area contributed by atoms with E-state index in [1.165, 1.54) is 10.4 Å². The van der Waals surface area contributed by atoms with Crippen LogP contribution in [-0.4, -0.2) is 18.0 Å². The van der Waals surface area contributed by atoms with E-state index in [9.17, 15) is 0 Å². The van der Waals surface area contributed by atoms with Gasteiger partial charge in [-0.3, -0.25) is 4.90 Å². The summed E-state index contributed by atoms with van der Waals surface area (Å²) in [5, 5.41) is 10.7. The maximum atomic E-state index is 8.53. The van der Waals surface area contributed by atoms with Gasteiger partial charge in [0.25, 0.3) is 0 Å². The molecule has 0 unspecified atom stereocenters. The first-order valence-electron chi connectivity index (χ1n) is 4.04. The minimum Gasteiger partial charge on any atom is -0.285 e. The Hall–Kier alpha value is -0.850. The molecule has 1 aromatic rings. The van der Waals surface area contributed by atoms with Gasteiger partial charge >= 0.3 is 0 Å². The van der Waals surface area contributed by atoms with Gasteiger partial charge in [0.1, 0.15) is 0 Å². The molecule has 0 radical (unpaired) electrons. The predicted octanol–water partition coefficient (Wildman–Crippen LogP) is 1.63. The standard InChI is InChI=1S/C9H10N2S/c10-3-5-11-4-1-8-2-6-12-9(8)7-11/h2,6H,1,4-5,7H2. The fourth-order valence-electron chi connectivity index (χ4n) is 1.52. The van der Waals surface area contributed by atoms with Gasteiger partial charge in [-0.25, -0.2) is 0 Å². The number of hydrogen-bond acceptors (Lipinski definition) is 3. The van der Waals surface area contributed by atoms with Gasteiger partial charge in [-0.2, -0.15) is 5.26 Å². The van der Waals surface area contributed by atoms with Gasteiger partial charge in [0.2, 0.25) is 0 Å². The van der Waals surface area contributed by atoms with E-state index in [1.54, 1.807) is 11.3 Å². The molecule has 2 rings (SSSR count). The van der Waals surface area contributed by atoms with Crippen LogP contribution in [0, 0.1) is 11.3 Å². The minimum absolute atomic E-state index is 0.567. The zero-order chi connectivity index (χ0) is 8.39. The van der Waals surface area contributed by atoms with Crippen molar-refractivity contribution in [1.82, 2.24) is 4.90 Å². The molecule has 0 saturated carbocycles. The largest absolute Gasteiger partial charge is 0.285 e. The number of nitriles is 1. The van der Waals surface area contributed by atoms with Crippen molar-refractivity contribution in [2.24, 2.45) is 0 Å². The molecule has 0 atom stereocenters. The van der Waals surface area contributed by atoms with Gasteiger partial charge in [-0.05, 0) is 23.4 Å². The van der Waals surface area contributed by atoms with Gasteiger partial charge in [0.15, 0.2) is 0 Å². The monoisotopic (exact) mass is 178 g/mol. The molecule has 3 heteroatoms. The van der Waals surface area contributed by atoms with Crippen molar-refractivity contribution >= 4 is 11.3 Å². The van der Waals surface area contributed by atoms with Crippen LogP contribution in [0.3, 0.4) is 0 Å². The molecule has 12 heavy (non-hydrogen) atoms. The fourth-order valence-corrected chi connectivity index (χ4v) is 2.50. The van der Waals surface area contributed by atoms with Gasteiger partial charge < -0.3 is 0 Å². The third kappa shape index (κ3) is 1.36. The Morgan fingerprint density at radius 1 is 1.67 bits per heavy atom. The van der Waals surface area contributed by atoms with E-state index in [0.29, 0.717) is 6.54 Å². The second-order valence-corrected chi connectivity index (χ2v) is 3.99. The van der Waals surface area contributed by atoms with E-state index < -0.39 is 0 Å². The van der Waals surface area contributed by atoms with Crippen molar-refractivity contribution in [3.05, 3.63) is 21.9 Å². The highest BCUT2D eigenvalue weighted by molar-refractivity contribution is 7.10. The van der Waals surface area contributed by atoms with Crippen molar-refractivity contribution in [2.75, 3.05) is 13.1 Å². The number of rotatable bonds is 1. The molecule has 0 bridgehead atoms. The second-order valence-electron chi connectivity index (χ2n) is 2.99. The van der Waals surface area contributed by atoms with E-state index in [2.05, 4.69) is 22.4 Å². The first-order chi connectivity index (χ1) is 5.90. The van der Waals surface area contributed by atoms with Gasteiger partial charge in [-0.1, -0.05) is 0 Å². The molecule has 1 aromatic heterocycles. The summed E-state index contributed by atoms with van der Waals surface area (Å²) < 4.78 is 0. The summed E-state index contributed by atoms with van der Waals surface area (Å²) >= 11 is 1.80. The van der Waals surface area contributed by atoms with Crippen molar-refractivity contribution < 1.29 is 0 Å². The summed E-state index contributed by atoms with van der Waals surface area (Å²) in [7, 11) is 0. The van der Waals surface area contributed by atoms with Crippen LogP contribution in [0.1, 0.15) is 10.4 Å². The quantitative estimate of drug-likeness (QED) is 0.611. The summed E-state index contributed by atoms with van der Waals surface area (Å²) in [5.41, 5.74) is 1.48. The Morgan fingerprint density at radius 2 is 2.58 bits per heavy atom. The van der Waals surface area contributed by atoms with Crippen LogP contribution in [0.25, 0.3) is 0 Å². The lowest BCUT2D eigenvalue weighted by Crippen LogP contribution is -2.29. The zero-order valence-electron chi connectivity index (χ0n) is 6.79. The lowest BCUT2D eigenvalue weighted by atomic mass is 10.1. The molecular weight excluding hydrogens is 168 g/mol. The van der Waals surface area contributed by atoms with Crippen LogP contribution >= 0.6 is 11.3 Å². The summed E-state index contributed by atoms with van der Waals surface area (Å²) in [6, 6.07) is 4.39. The van der Waals surface area contributed by atoms with Gasteiger partial charge in [-0.15, -0.1) is 11.3 Å². The molecule has 1 aliphatic rings. The molecule has 0 spiro atoms. The van der Waals surface area contributed by atoms with Crippen LogP contribution in [0.15, 0.2) is 11.4 Å². The smallest absolute Gasteiger partial charge is 0.0869 e. The molecule has 0 N–H and O–H groups in total. The van der Waals surface area contributed by atoms with Crippen LogP contribution in [0.5, 0.6) is 0 Å². The Bertz CT molecular complexity index is 311. The molecule has 2 nitrogen and oxygen atoms in total. The zero-order valence-corrected chi connectivity index (χ0v) is 7.60. The highest BCUT2D eigenvalue weighted by atomic mass is 32.1. The number of nitrogens with zero attached hydrogens (tertiary/aromatic N) is 2. The predicted molar refractivity (Wildman–Crippen MR) is 48.9 cm³/mol. The van der Waals surface area contributed by atoms with E-state index in [4.69, 9.17) is 5.26 Å². The van der Waals surface area contributed by atoms with Crippen LogP contribution in [-0.2, 0) is 13.0 Å². The normalized spacial score (nSPS) is 16.9. The SMILES string of the molecule is N#CCN1CCc2ccsc2C1. The maximum Gasteiger partial charge on any atom is 0.0869 e. The highest BCUT2D eigenvalue weighted by Crippen LogP contribution is 2.23. The Kier molecular flexibility index (Phi) is 2.11. The molecule has 2 heterocycles. The number of thiophene rings is 1. The molecule has 0 fully saturated rings.